The predicted molar refractivity (Wildman–Crippen MR) is 90.6 cm³/mol. The lowest BCUT2D eigenvalue weighted by Crippen LogP contribution is -2.37. The van der Waals surface area contributed by atoms with E-state index in [-0.39, 0.29) is 6.61 Å². The summed E-state index contributed by atoms with van der Waals surface area (Å²) in [6.07, 6.45) is 0. The third-order valence-corrected chi connectivity index (χ3v) is 4.11. The number of nitrogens with one attached hydrogen (secondary N) is 1. The van der Waals surface area contributed by atoms with Crippen molar-refractivity contribution in [1.82, 2.24) is 10.2 Å². The fourth-order valence-electron chi connectivity index (χ4n) is 2.88. The summed E-state index contributed by atoms with van der Waals surface area (Å²) >= 11 is 0. The molecule has 1 aliphatic heterocycles. The number of benzene rings is 2. The number of urea groups is 1. The lowest BCUT2D eigenvalue weighted by atomic mass is 10.1. The number of carbonyl (C=O) groups excluding carboxylic acids is 2. The van der Waals surface area contributed by atoms with Gasteiger partial charge in [0.15, 0.2) is 6.61 Å². The van der Waals surface area contributed by atoms with Crippen LogP contribution in [-0.2, 0) is 4.79 Å². The average molecular weight is 338 g/mol. The first-order valence-corrected chi connectivity index (χ1v) is 7.80. The molecule has 2 heterocycles. The molecule has 2 aromatic carbocycles. The summed E-state index contributed by atoms with van der Waals surface area (Å²) in [7, 11) is 0. The maximum Gasteiger partial charge on any atom is 0.344 e. The molecule has 0 saturated carbocycles. The van der Waals surface area contributed by atoms with Crippen molar-refractivity contribution in [3.63, 3.8) is 0 Å². The number of amides is 3. The van der Waals surface area contributed by atoms with Gasteiger partial charge in [0.1, 0.15) is 11.3 Å². The van der Waals surface area contributed by atoms with E-state index in [4.69, 9.17) is 9.15 Å². The number of carbonyl (C=O) groups is 2. The Labute approximate surface area is 141 Å². The number of rotatable bonds is 3. The van der Waals surface area contributed by atoms with Crippen LogP contribution in [0, 0.1) is 0 Å². The van der Waals surface area contributed by atoms with Gasteiger partial charge in [0.25, 0.3) is 5.91 Å². The minimum atomic E-state index is -0.426. The molecule has 4 rings (SSSR count). The van der Waals surface area contributed by atoms with Crippen LogP contribution in [-0.4, -0.2) is 36.5 Å². The number of ether oxygens (including phenoxy) is 1. The highest BCUT2D eigenvalue weighted by Crippen LogP contribution is 2.26. The smallest absolute Gasteiger partial charge is 0.344 e. The van der Waals surface area contributed by atoms with Crippen LogP contribution in [0.1, 0.15) is 0 Å². The van der Waals surface area contributed by atoms with E-state index in [1.807, 2.05) is 12.1 Å². The van der Waals surface area contributed by atoms with E-state index < -0.39 is 17.6 Å². The molecule has 0 bridgehead atoms. The minimum Gasteiger partial charge on any atom is -0.484 e. The number of fused-ring (bicyclic) bond motifs is 3. The Morgan fingerprint density at radius 1 is 1.12 bits per heavy atom. The van der Waals surface area contributed by atoms with E-state index in [1.165, 1.54) is 0 Å². The number of imide groups is 1. The zero-order valence-corrected chi connectivity index (χ0v) is 13.2. The van der Waals surface area contributed by atoms with Crippen LogP contribution in [0.4, 0.5) is 4.79 Å². The number of hydrogen-bond acceptors (Lipinski definition) is 5. The maximum atomic E-state index is 12.1. The molecule has 3 aromatic rings. The normalized spacial score (nSPS) is 14.1. The standard InChI is InChI=1S/C18H14N2O5/c21-16(20-8-7-19-18(20)23)10-24-11-5-6-13-12-3-1-2-4-14(12)17(22)25-15(13)9-11/h1-6,9H,7-8,10H2,(H,19,23). The summed E-state index contributed by atoms with van der Waals surface area (Å²) < 4.78 is 10.8. The van der Waals surface area contributed by atoms with Crippen molar-refractivity contribution >= 4 is 33.7 Å². The zero-order chi connectivity index (χ0) is 17.4. The van der Waals surface area contributed by atoms with Crippen LogP contribution >= 0.6 is 0 Å². The van der Waals surface area contributed by atoms with Gasteiger partial charge >= 0.3 is 11.7 Å². The van der Waals surface area contributed by atoms with Crippen molar-refractivity contribution in [2.45, 2.75) is 0 Å². The Morgan fingerprint density at radius 3 is 2.68 bits per heavy atom. The van der Waals surface area contributed by atoms with Crippen molar-refractivity contribution in [1.29, 1.82) is 0 Å². The van der Waals surface area contributed by atoms with Gasteiger partial charge in [-0.15, -0.1) is 0 Å². The highest BCUT2D eigenvalue weighted by molar-refractivity contribution is 6.04. The van der Waals surface area contributed by atoms with Gasteiger partial charge in [-0.25, -0.2) is 9.59 Å². The zero-order valence-electron chi connectivity index (χ0n) is 13.2. The average Bonchev–Trinajstić information content (AvgIpc) is 3.06. The molecule has 0 unspecified atom stereocenters. The molecule has 0 aliphatic carbocycles. The van der Waals surface area contributed by atoms with E-state index in [9.17, 15) is 14.4 Å². The van der Waals surface area contributed by atoms with Crippen molar-refractivity contribution in [2.75, 3.05) is 19.7 Å². The molecule has 1 fully saturated rings. The molecule has 1 aliphatic rings. The third-order valence-electron chi connectivity index (χ3n) is 4.11. The first-order chi connectivity index (χ1) is 12.1. The SMILES string of the molecule is O=C(COc1ccc2c(c1)oc(=O)c1ccccc12)N1CCNC1=O. The van der Waals surface area contributed by atoms with Crippen molar-refractivity contribution in [3.8, 4) is 5.75 Å². The molecule has 0 radical (unpaired) electrons. The van der Waals surface area contributed by atoms with Gasteiger partial charge in [-0.1, -0.05) is 18.2 Å². The highest BCUT2D eigenvalue weighted by atomic mass is 16.5. The third kappa shape index (κ3) is 2.69. The molecule has 0 atom stereocenters. The summed E-state index contributed by atoms with van der Waals surface area (Å²) in [4.78, 5) is 36.6. The molecule has 1 saturated heterocycles. The van der Waals surface area contributed by atoms with E-state index in [1.54, 1.807) is 30.3 Å². The molecule has 3 amide bonds. The van der Waals surface area contributed by atoms with Crippen molar-refractivity contribution in [2.24, 2.45) is 0 Å². The summed E-state index contributed by atoms with van der Waals surface area (Å²) in [5.74, 6) is -0.0334. The summed E-state index contributed by atoms with van der Waals surface area (Å²) in [6, 6.07) is 11.8. The van der Waals surface area contributed by atoms with E-state index in [2.05, 4.69) is 5.32 Å². The quantitative estimate of drug-likeness (QED) is 0.582. The van der Waals surface area contributed by atoms with E-state index >= 15 is 0 Å². The van der Waals surface area contributed by atoms with Gasteiger partial charge in [-0.3, -0.25) is 9.69 Å². The van der Waals surface area contributed by atoms with Gasteiger partial charge in [0, 0.05) is 24.5 Å². The molecule has 7 nitrogen and oxygen atoms in total. The lowest BCUT2D eigenvalue weighted by molar-refractivity contribution is -0.129. The van der Waals surface area contributed by atoms with E-state index in [0.717, 1.165) is 15.7 Å². The Balaban J connectivity index is 1.61. The Hall–Kier alpha value is -3.35. The minimum absolute atomic E-state index is 0.267. The first-order valence-electron chi connectivity index (χ1n) is 7.80. The van der Waals surface area contributed by atoms with E-state index in [0.29, 0.717) is 29.8 Å². The van der Waals surface area contributed by atoms with Crippen molar-refractivity contribution in [3.05, 3.63) is 52.9 Å². The molecule has 1 aromatic heterocycles. The summed E-state index contributed by atoms with van der Waals surface area (Å²) in [5, 5.41) is 4.65. The molecule has 25 heavy (non-hydrogen) atoms. The van der Waals surface area contributed by atoms with Crippen LogP contribution in [0.3, 0.4) is 0 Å². The molecule has 7 heteroatoms. The van der Waals surface area contributed by atoms with Crippen LogP contribution in [0.25, 0.3) is 21.7 Å². The largest absolute Gasteiger partial charge is 0.484 e. The van der Waals surface area contributed by atoms with Crippen LogP contribution < -0.4 is 15.7 Å². The lowest BCUT2D eigenvalue weighted by Gasteiger charge is -2.13. The van der Waals surface area contributed by atoms with Gasteiger partial charge in [0.2, 0.25) is 0 Å². The fourth-order valence-corrected chi connectivity index (χ4v) is 2.88. The monoisotopic (exact) mass is 338 g/mol. The summed E-state index contributed by atoms with van der Waals surface area (Å²) in [6.45, 7) is 0.509. The predicted octanol–water partition coefficient (Wildman–Crippen LogP) is 1.88. The Bertz CT molecular complexity index is 1060. The molecule has 1 N–H and O–H groups in total. The molecular formula is C18H14N2O5. The maximum absolute atomic E-state index is 12.1. The summed E-state index contributed by atoms with van der Waals surface area (Å²) in [5.41, 5.74) is -0.0439. The Morgan fingerprint density at radius 2 is 1.92 bits per heavy atom. The van der Waals surface area contributed by atoms with Crippen molar-refractivity contribution < 1.29 is 18.7 Å². The highest BCUT2D eigenvalue weighted by Gasteiger charge is 2.26. The number of nitrogens with zero attached hydrogens (tertiary/aromatic N) is 1. The van der Waals surface area contributed by atoms with Gasteiger partial charge in [-0.05, 0) is 23.6 Å². The molecule has 126 valence electrons. The van der Waals surface area contributed by atoms with Crippen LogP contribution in [0.15, 0.2) is 51.7 Å². The topological polar surface area (TPSA) is 88.8 Å². The molecular weight excluding hydrogens is 324 g/mol. The van der Waals surface area contributed by atoms with Gasteiger partial charge in [-0.2, -0.15) is 0 Å². The Kier molecular flexibility index (Phi) is 3.61. The van der Waals surface area contributed by atoms with Gasteiger partial charge < -0.3 is 14.5 Å². The second kappa shape index (κ2) is 5.94. The first kappa shape index (κ1) is 15.2. The second-order valence-corrected chi connectivity index (χ2v) is 5.66. The molecule has 0 spiro atoms. The van der Waals surface area contributed by atoms with Crippen LogP contribution in [0.5, 0.6) is 5.75 Å². The second-order valence-electron chi connectivity index (χ2n) is 5.66. The van der Waals surface area contributed by atoms with Gasteiger partial charge in [0.05, 0.1) is 5.39 Å². The fraction of sp³-hybridized carbons (Fsp3) is 0.167. The van der Waals surface area contributed by atoms with Crippen LogP contribution in [0.2, 0.25) is 0 Å². The number of hydrogen-bond donors (Lipinski definition) is 1.